The summed E-state index contributed by atoms with van der Waals surface area (Å²) in [6.45, 7) is 2.53. The third kappa shape index (κ3) is 3.64. The fourth-order valence-electron chi connectivity index (χ4n) is 3.10. The quantitative estimate of drug-likeness (QED) is 0.783. The lowest BCUT2D eigenvalue weighted by molar-refractivity contribution is -0.132. The largest absolute Gasteiger partial charge is 0.338 e. The van der Waals surface area contributed by atoms with Gasteiger partial charge in [0.25, 0.3) is 5.56 Å². The number of hydrogen-bond donors (Lipinski definition) is 0. The number of Topliss-reactive ketones (excluding diaryl/α,β-unsaturated/α-hetero) is 1. The number of rotatable bonds is 5. The number of carbonyl (C=O) groups excluding carboxylic acids is 2. The van der Waals surface area contributed by atoms with Crippen LogP contribution >= 0.6 is 11.3 Å². The molecule has 2 aromatic rings. The molecular formula is C18H20N2O3S. The van der Waals surface area contributed by atoms with E-state index in [4.69, 9.17) is 0 Å². The van der Waals surface area contributed by atoms with Crippen LogP contribution in [0.5, 0.6) is 0 Å². The normalized spacial score (nSPS) is 17.2. The Morgan fingerprint density at radius 2 is 2.17 bits per heavy atom. The molecule has 6 heteroatoms. The first-order valence-corrected chi connectivity index (χ1v) is 8.96. The van der Waals surface area contributed by atoms with Crippen molar-refractivity contribution in [2.75, 3.05) is 6.54 Å². The Hall–Kier alpha value is -2.21. The van der Waals surface area contributed by atoms with Gasteiger partial charge in [-0.15, -0.1) is 11.3 Å². The van der Waals surface area contributed by atoms with Crippen LogP contribution in [-0.4, -0.2) is 33.7 Å². The summed E-state index contributed by atoms with van der Waals surface area (Å²) in [5, 5.41) is 1.88. The summed E-state index contributed by atoms with van der Waals surface area (Å²) in [6.07, 6.45) is 3.75. The van der Waals surface area contributed by atoms with Crippen molar-refractivity contribution in [1.29, 1.82) is 0 Å². The zero-order valence-corrected chi connectivity index (χ0v) is 14.4. The molecule has 1 atom stereocenters. The molecule has 0 unspecified atom stereocenters. The summed E-state index contributed by atoms with van der Waals surface area (Å²) in [6, 6.07) is 6.96. The highest BCUT2D eigenvalue weighted by atomic mass is 32.1. The zero-order valence-electron chi connectivity index (χ0n) is 13.6. The second kappa shape index (κ2) is 7.13. The van der Waals surface area contributed by atoms with Gasteiger partial charge in [0.15, 0.2) is 5.78 Å². The van der Waals surface area contributed by atoms with Gasteiger partial charge in [-0.1, -0.05) is 6.07 Å². The van der Waals surface area contributed by atoms with Gasteiger partial charge >= 0.3 is 0 Å². The Morgan fingerprint density at radius 3 is 2.88 bits per heavy atom. The van der Waals surface area contributed by atoms with Gasteiger partial charge in [0.1, 0.15) is 6.54 Å². The molecule has 1 fully saturated rings. The second-order valence-corrected chi connectivity index (χ2v) is 7.11. The van der Waals surface area contributed by atoms with Gasteiger partial charge in [-0.2, -0.15) is 0 Å². The first kappa shape index (κ1) is 16.6. The number of aromatic nitrogens is 1. The molecule has 0 N–H and O–H groups in total. The van der Waals surface area contributed by atoms with Crippen molar-refractivity contribution >= 4 is 23.0 Å². The Bertz CT molecular complexity index is 795. The molecule has 0 saturated carbocycles. The molecule has 24 heavy (non-hydrogen) atoms. The first-order chi connectivity index (χ1) is 11.5. The molecule has 3 rings (SSSR count). The van der Waals surface area contributed by atoms with Gasteiger partial charge in [-0.25, -0.2) is 0 Å². The van der Waals surface area contributed by atoms with E-state index < -0.39 is 0 Å². The van der Waals surface area contributed by atoms with E-state index in [1.54, 1.807) is 11.1 Å². The van der Waals surface area contributed by atoms with Gasteiger partial charge in [-0.3, -0.25) is 14.4 Å². The number of hydrogen-bond acceptors (Lipinski definition) is 4. The highest BCUT2D eigenvalue weighted by Gasteiger charge is 2.30. The number of nitrogens with zero attached hydrogens (tertiary/aromatic N) is 2. The van der Waals surface area contributed by atoms with Gasteiger partial charge < -0.3 is 9.47 Å². The van der Waals surface area contributed by atoms with Crippen LogP contribution in [0.25, 0.3) is 0 Å². The molecule has 126 valence electrons. The first-order valence-electron chi connectivity index (χ1n) is 8.08. The molecule has 1 amide bonds. The summed E-state index contributed by atoms with van der Waals surface area (Å²) >= 11 is 1.43. The smallest absolute Gasteiger partial charge is 0.251 e. The van der Waals surface area contributed by atoms with Crippen molar-refractivity contribution in [3.63, 3.8) is 0 Å². The van der Waals surface area contributed by atoms with Gasteiger partial charge in [0.2, 0.25) is 5.91 Å². The Balaban J connectivity index is 1.67. The van der Waals surface area contributed by atoms with Crippen LogP contribution in [0.1, 0.15) is 34.5 Å². The minimum atomic E-state index is -0.172. The fourth-order valence-corrected chi connectivity index (χ4v) is 3.78. The SMILES string of the molecule is Cc1ccn(CC(=O)N2CCC[C@@H]2CC(=O)c2cccs2)c(=O)c1. The van der Waals surface area contributed by atoms with E-state index in [0.29, 0.717) is 13.0 Å². The van der Waals surface area contributed by atoms with E-state index >= 15 is 0 Å². The number of thiophene rings is 1. The molecule has 0 bridgehead atoms. The average molecular weight is 344 g/mol. The molecule has 0 spiro atoms. The second-order valence-electron chi connectivity index (χ2n) is 6.16. The van der Waals surface area contributed by atoms with Crippen LogP contribution in [0.4, 0.5) is 0 Å². The van der Waals surface area contributed by atoms with Crippen LogP contribution in [0.3, 0.4) is 0 Å². The minimum absolute atomic E-state index is 0.0306. The fraction of sp³-hybridized carbons (Fsp3) is 0.389. The van der Waals surface area contributed by atoms with E-state index in [9.17, 15) is 14.4 Å². The lowest BCUT2D eigenvalue weighted by Gasteiger charge is -2.24. The summed E-state index contributed by atoms with van der Waals surface area (Å²) in [5.41, 5.74) is 0.707. The lowest BCUT2D eigenvalue weighted by Crippen LogP contribution is -2.40. The molecule has 3 heterocycles. The van der Waals surface area contributed by atoms with Crippen molar-refractivity contribution in [3.8, 4) is 0 Å². The number of likely N-dealkylation sites (tertiary alicyclic amines) is 1. The van der Waals surface area contributed by atoms with Gasteiger partial charge in [-0.05, 0) is 42.8 Å². The van der Waals surface area contributed by atoms with Crippen molar-refractivity contribution in [3.05, 3.63) is 56.6 Å². The number of amides is 1. The van der Waals surface area contributed by atoms with Crippen molar-refractivity contribution in [2.24, 2.45) is 0 Å². The molecule has 0 aliphatic carbocycles. The Morgan fingerprint density at radius 1 is 1.33 bits per heavy atom. The summed E-state index contributed by atoms with van der Waals surface area (Å²) in [5.74, 6) is -0.00960. The topological polar surface area (TPSA) is 59.4 Å². The summed E-state index contributed by atoms with van der Waals surface area (Å²) in [7, 11) is 0. The van der Waals surface area contributed by atoms with E-state index in [1.165, 1.54) is 22.0 Å². The third-order valence-electron chi connectivity index (χ3n) is 4.37. The minimum Gasteiger partial charge on any atom is -0.338 e. The molecule has 2 aromatic heterocycles. The highest BCUT2D eigenvalue weighted by molar-refractivity contribution is 7.12. The number of ketones is 1. The van der Waals surface area contributed by atoms with E-state index in [1.807, 2.05) is 30.5 Å². The maximum absolute atomic E-state index is 12.6. The van der Waals surface area contributed by atoms with Crippen LogP contribution in [-0.2, 0) is 11.3 Å². The Labute approximate surface area is 144 Å². The van der Waals surface area contributed by atoms with Crippen molar-refractivity contribution in [1.82, 2.24) is 9.47 Å². The maximum atomic E-state index is 12.6. The lowest BCUT2D eigenvalue weighted by atomic mass is 10.1. The van der Waals surface area contributed by atoms with Crippen LogP contribution in [0.2, 0.25) is 0 Å². The van der Waals surface area contributed by atoms with Crippen LogP contribution in [0, 0.1) is 6.92 Å². The van der Waals surface area contributed by atoms with Crippen molar-refractivity contribution in [2.45, 2.75) is 38.8 Å². The molecule has 0 radical (unpaired) electrons. The average Bonchev–Trinajstić information content (AvgIpc) is 3.21. The number of carbonyl (C=O) groups is 2. The monoisotopic (exact) mass is 344 g/mol. The molecule has 5 nitrogen and oxygen atoms in total. The third-order valence-corrected chi connectivity index (χ3v) is 5.28. The van der Waals surface area contributed by atoms with Crippen molar-refractivity contribution < 1.29 is 9.59 Å². The standard InChI is InChI=1S/C18H20N2O3S/c1-13-6-8-19(17(22)10-13)12-18(23)20-7-2-4-14(20)11-15(21)16-5-3-9-24-16/h3,5-6,8-10,14H,2,4,7,11-12H2,1H3/t14-/m1/s1. The molecular weight excluding hydrogens is 324 g/mol. The molecule has 0 aromatic carbocycles. The summed E-state index contributed by atoms with van der Waals surface area (Å²) < 4.78 is 1.42. The Kier molecular flexibility index (Phi) is 4.94. The van der Waals surface area contributed by atoms with E-state index in [0.717, 1.165) is 23.3 Å². The van der Waals surface area contributed by atoms with E-state index in [2.05, 4.69) is 0 Å². The maximum Gasteiger partial charge on any atom is 0.251 e. The number of aryl methyl sites for hydroxylation is 1. The van der Waals surface area contributed by atoms with Gasteiger partial charge in [0.05, 0.1) is 4.88 Å². The summed E-state index contributed by atoms with van der Waals surface area (Å²) in [4.78, 5) is 39.3. The van der Waals surface area contributed by atoms with Crippen LogP contribution in [0.15, 0.2) is 40.6 Å². The molecule has 1 saturated heterocycles. The molecule has 1 aliphatic rings. The number of pyridine rings is 1. The zero-order chi connectivity index (χ0) is 17.1. The van der Waals surface area contributed by atoms with Crippen LogP contribution < -0.4 is 5.56 Å². The predicted octanol–water partition coefficient (Wildman–Crippen LogP) is 2.48. The van der Waals surface area contributed by atoms with E-state index in [-0.39, 0.29) is 29.8 Å². The predicted molar refractivity (Wildman–Crippen MR) is 93.4 cm³/mol. The van der Waals surface area contributed by atoms with Gasteiger partial charge in [0, 0.05) is 31.3 Å². The highest BCUT2D eigenvalue weighted by Crippen LogP contribution is 2.23. The molecule has 1 aliphatic heterocycles.